The molecule has 1 aliphatic rings. The number of hydrogen-bond donors (Lipinski definition) is 0. The monoisotopic (exact) mass is 312 g/mol. The quantitative estimate of drug-likeness (QED) is 0.797. The van der Waals surface area contributed by atoms with Gasteiger partial charge in [-0.15, -0.1) is 11.6 Å². The van der Waals surface area contributed by atoms with E-state index in [2.05, 4.69) is 4.98 Å². The highest BCUT2D eigenvalue weighted by molar-refractivity contribution is 6.17. The van der Waals surface area contributed by atoms with Crippen LogP contribution in [0.1, 0.15) is 12.2 Å². The Labute approximate surface area is 127 Å². The Morgan fingerprint density at radius 3 is 3.05 bits per heavy atom. The largest absolute Gasteiger partial charge is 0.378 e. The summed E-state index contributed by atoms with van der Waals surface area (Å²) < 4.78 is 27.1. The predicted octanol–water partition coefficient (Wildman–Crippen LogP) is 2.76. The van der Waals surface area contributed by atoms with Crippen LogP contribution in [0.3, 0.4) is 0 Å². The third-order valence-electron chi connectivity index (χ3n) is 4.07. The molecule has 0 spiro atoms. The number of aromatic nitrogens is 2. The van der Waals surface area contributed by atoms with Crippen molar-refractivity contribution in [3.8, 4) is 0 Å². The lowest BCUT2D eigenvalue weighted by Gasteiger charge is -2.27. The maximum absolute atomic E-state index is 13.9. The number of alkyl halides is 1. The van der Waals surface area contributed by atoms with Crippen molar-refractivity contribution in [2.24, 2.45) is 0 Å². The van der Waals surface area contributed by atoms with Crippen LogP contribution in [-0.2, 0) is 22.4 Å². The highest BCUT2D eigenvalue weighted by atomic mass is 35.5. The molecule has 1 aromatic heterocycles. The normalized spacial score (nSPS) is 22.2. The van der Waals surface area contributed by atoms with E-state index in [1.54, 1.807) is 13.2 Å². The fraction of sp³-hybridized carbons (Fsp3) is 0.533. The van der Waals surface area contributed by atoms with Crippen LogP contribution >= 0.6 is 11.6 Å². The van der Waals surface area contributed by atoms with Gasteiger partial charge in [0.2, 0.25) is 0 Å². The van der Waals surface area contributed by atoms with Gasteiger partial charge in [-0.1, -0.05) is 6.07 Å². The van der Waals surface area contributed by atoms with E-state index in [9.17, 15) is 4.39 Å². The van der Waals surface area contributed by atoms with Gasteiger partial charge in [-0.05, 0) is 12.1 Å². The minimum atomic E-state index is -0.374. The Morgan fingerprint density at radius 2 is 2.38 bits per heavy atom. The van der Waals surface area contributed by atoms with Crippen LogP contribution in [0.25, 0.3) is 11.0 Å². The number of ether oxygens (including phenoxy) is 2. The number of fused-ring (bicyclic) bond motifs is 1. The van der Waals surface area contributed by atoms with Crippen LogP contribution in [0.15, 0.2) is 18.2 Å². The number of hydrogen-bond acceptors (Lipinski definition) is 3. The van der Waals surface area contributed by atoms with E-state index in [1.165, 1.54) is 6.07 Å². The van der Waals surface area contributed by atoms with E-state index < -0.39 is 0 Å². The molecule has 1 aliphatic heterocycles. The molecule has 0 N–H and O–H groups in total. The molecule has 1 fully saturated rings. The summed E-state index contributed by atoms with van der Waals surface area (Å²) in [4.78, 5) is 4.42. The molecule has 114 valence electrons. The minimum absolute atomic E-state index is 0.309. The average Bonchev–Trinajstić information content (AvgIpc) is 3.08. The molecule has 3 rings (SSSR count). The van der Waals surface area contributed by atoms with Crippen molar-refractivity contribution in [3.05, 3.63) is 29.8 Å². The first kappa shape index (κ1) is 14.8. The molecule has 1 saturated heterocycles. The molecule has 4 nitrogen and oxygen atoms in total. The standard InChI is InChI=1S/C15H18ClFN2O2/c1-20-15(6-8-21-10-15)9-19-12-4-2-3-11(17)14(12)18-13(19)5-7-16/h2-4H,5-10H2,1H3. The zero-order valence-electron chi connectivity index (χ0n) is 11.9. The lowest BCUT2D eigenvalue weighted by molar-refractivity contribution is -0.0292. The Bertz CT molecular complexity index is 638. The van der Waals surface area contributed by atoms with Gasteiger partial charge in [0.05, 0.1) is 18.7 Å². The molecule has 1 atom stereocenters. The number of rotatable bonds is 5. The topological polar surface area (TPSA) is 36.3 Å². The van der Waals surface area contributed by atoms with Gasteiger partial charge in [0.15, 0.2) is 5.82 Å². The van der Waals surface area contributed by atoms with Crippen molar-refractivity contribution in [3.63, 3.8) is 0 Å². The first-order valence-corrected chi connectivity index (χ1v) is 7.55. The first-order valence-electron chi connectivity index (χ1n) is 7.01. The Kier molecular flexibility index (Phi) is 4.15. The van der Waals surface area contributed by atoms with Crippen molar-refractivity contribution in [2.45, 2.75) is 25.0 Å². The zero-order chi connectivity index (χ0) is 14.9. The molecule has 2 aromatic rings. The van der Waals surface area contributed by atoms with Gasteiger partial charge in [0, 0.05) is 32.4 Å². The van der Waals surface area contributed by atoms with Crippen LogP contribution in [-0.4, -0.2) is 41.4 Å². The summed E-state index contributed by atoms with van der Waals surface area (Å²) in [5.41, 5.74) is 0.794. The van der Waals surface area contributed by atoms with Gasteiger partial charge in [0.25, 0.3) is 0 Å². The molecule has 0 aliphatic carbocycles. The number of halogens is 2. The van der Waals surface area contributed by atoms with Crippen LogP contribution in [0.5, 0.6) is 0 Å². The highest BCUT2D eigenvalue weighted by Gasteiger charge is 2.36. The van der Waals surface area contributed by atoms with Crippen molar-refractivity contribution < 1.29 is 13.9 Å². The molecule has 0 amide bonds. The Morgan fingerprint density at radius 1 is 1.52 bits per heavy atom. The fourth-order valence-electron chi connectivity index (χ4n) is 2.84. The van der Waals surface area contributed by atoms with Crippen LogP contribution < -0.4 is 0 Å². The summed E-state index contributed by atoms with van der Waals surface area (Å²) in [5.74, 6) is 0.922. The number of nitrogens with zero attached hydrogens (tertiary/aromatic N) is 2. The summed E-state index contributed by atoms with van der Waals surface area (Å²) >= 11 is 5.86. The van der Waals surface area contributed by atoms with E-state index >= 15 is 0 Å². The van der Waals surface area contributed by atoms with Crippen molar-refractivity contribution in [2.75, 3.05) is 26.2 Å². The fourth-order valence-corrected chi connectivity index (χ4v) is 3.01. The average molecular weight is 313 g/mol. The highest BCUT2D eigenvalue weighted by Crippen LogP contribution is 2.28. The molecule has 1 unspecified atom stereocenters. The van der Waals surface area contributed by atoms with Gasteiger partial charge in [-0.3, -0.25) is 0 Å². The van der Waals surface area contributed by atoms with Crippen molar-refractivity contribution in [1.29, 1.82) is 0 Å². The maximum atomic E-state index is 13.9. The van der Waals surface area contributed by atoms with E-state index in [-0.39, 0.29) is 11.4 Å². The molecule has 0 bridgehead atoms. The SMILES string of the molecule is COC1(Cn2c(CCCl)nc3c(F)cccc32)CCOC1. The smallest absolute Gasteiger partial charge is 0.151 e. The van der Waals surface area contributed by atoms with Gasteiger partial charge in [0.1, 0.15) is 16.9 Å². The second-order valence-corrected chi connectivity index (χ2v) is 5.73. The summed E-state index contributed by atoms with van der Waals surface area (Å²) in [5, 5.41) is 0. The van der Waals surface area contributed by atoms with E-state index in [1.807, 2.05) is 10.6 Å². The second-order valence-electron chi connectivity index (χ2n) is 5.35. The molecular formula is C15H18ClFN2O2. The molecule has 1 aromatic carbocycles. The van der Waals surface area contributed by atoms with Crippen molar-refractivity contribution >= 4 is 22.6 Å². The molecule has 0 saturated carbocycles. The first-order chi connectivity index (χ1) is 10.2. The lowest BCUT2D eigenvalue weighted by atomic mass is 10.0. The number of imidazole rings is 1. The number of benzene rings is 1. The van der Waals surface area contributed by atoms with Crippen LogP contribution in [0.2, 0.25) is 0 Å². The zero-order valence-corrected chi connectivity index (χ0v) is 12.7. The van der Waals surface area contributed by atoms with Gasteiger partial charge in [-0.2, -0.15) is 0 Å². The number of methoxy groups -OCH3 is 1. The third kappa shape index (κ3) is 2.65. The summed E-state index contributed by atoms with van der Waals surface area (Å²) in [6.07, 6.45) is 1.41. The molecule has 0 radical (unpaired) electrons. The maximum Gasteiger partial charge on any atom is 0.151 e. The number of para-hydroxylation sites is 1. The van der Waals surface area contributed by atoms with E-state index in [0.717, 1.165) is 17.8 Å². The molecule has 2 heterocycles. The third-order valence-corrected chi connectivity index (χ3v) is 4.26. The summed E-state index contributed by atoms with van der Waals surface area (Å²) in [6.45, 7) is 1.81. The Hall–Kier alpha value is -1.17. The molecule has 6 heteroatoms. The van der Waals surface area contributed by atoms with Gasteiger partial charge in [-0.25, -0.2) is 9.37 Å². The van der Waals surface area contributed by atoms with E-state index in [4.69, 9.17) is 21.1 Å². The minimum Gasteiger partial charge on any atom is -0.378 e. The predicted molar refractivity (Wildman–Crippen MR) is 79.3 cm³/mol. The van der Waals surface area contributed by atoms with Gasteiger partial charge < -0.3 is 14.0 Å². The lowest BCUT2D eigenvalue weighted by Crippen LogP contribution is -2.37. The Balaban J connectivity index is 2.06. The molecule has 21 heavy (non-hydrogen) atoms. The second kappa shape index (κ2) is 5.91. The summed E-state index contributed by atoms with van der Waals surface area (Å²) in [7, 11) is 1.69. The van der Waals surface area contributed by atoms with Crippen LogP contribution in [0.4, 0.5) is 4.39 Å². The van der Waals surface area contributed by atoms with Crippen molar-refractivity contribution in [1.82, 2.24) is 9.55 Å². The number of aryl methyl sites for hydroxylation is 1. The van der Waals surface area contributed by atoms with E-state index in [0.29, 0.717) is 37.6 Å². The summed E-state index contributed by atoms with van der Waals surface area (Å²) in [6, 6.07) is 5.00. The van der Waals surface area contributed by atoms with Gasteiger partial charge >= 0.3 is 0 Å². The van der Waals surface area contributed by atoms with Crippen LogP contribution in [0, 0.1) is 5.82 Å². The molecular weight excluding hydrogens is 295 g/mol.